The minimum atomic E-state index is 0.0208. The van der Waals surface area contributed by atoms with Crippen LogP contribution in [-0.2, 0) is 17.6 Å². The number of aromatic nitrogens is 1. The third kappa shape index (κ3) is 3.93. The fraction of sp³-hybridized carbons (Fsp3) is 0.714. The molecule has 2 amide bonds. The zero-order chi connectivity index (χ0) is 14.4. The van der Waals surface area contributed by atoms with Gasteiger partial charge in [-0.3, -0.25) is 0 Å². The summed E-state index contributed by atoms with van der Waals surface area (Å²) in [4.78, 5) is 19.7. The van der Waals surface area contributed by atoms with Crippen LogP contribution in [0.15, 0.2) is 6.20 Å². The highest BCUT2D eigenvalue weighted by molar-refractivity contribution is 7.11. The summed E-state index contributed by atoms with van der Waals surface area (Å²) in [5.74, 6) is 0. The highest BCUT2D eigenvalue weighted by atomic mass is 32.1. The maximum absolute atomic E-state index is 12.2. The average molecular weight is 297 g/mol. The first-order chi connectivity index (χ1) is 9.74. The Labute approximate surface area is 124 Å². The molecule has 0 unspecified atom stereocenters. The van der Waals surface area contributed by atoms with Crippen LogP contribution in [0.2, 0.25) is 0 Å². The van der Waals surface area contributed by atoms with Crippen LogP contribution in [0.25, 0.3) is 0 Å². The van der Waals surface area contributed by atoms with Gasteiger partial charge >= 0.3 is 6.03 Å². The smallest absolute Gasteiger partial charge is 0.317 e. The normalized spacial score (nSPS) is 19.1. The Kier molecular flexibility index (Phi) is 5.79. The molecule has 6 heteroatoms. The molecule has 1 aliphatic rings. The van der Waals surface area contributed by atoms with E-state index in [0.29, 0.717) is 26.3 Å². The van der Waals surface area contributed by atoms with E-state index in [1.165, 1.54) is 4.88 Å². The van der Waals surface area contributed by atoms with Gasteiger partial charge < -0.3 is 15.0 Å². The molecule has 0 saturated carbocycles. The van der Waals surface area contributed by atoms with Crippen LogP contribution in [0.5, 0.6) is 0 Å². The van der Waals surface area contributed by atoms with E-state index in [2.05, 4.69) is 24.1 Å². The number of nitrogens with one attached hydrogen (secondary N) is 1. The summed E-state index contributed by atoms with van der Waals surface area (Å²) in [5.41, 5.74) is 0. The number of hydrogen-bond donors (Lipinski definition) is 1. The zero-order valence-corrected chi connectivity index (χ0v) is 13.0. The summed E-state index contributed by atoms with van der Waals surface area (Å²) in [5, 5.41) is 4.08. The SMILES string of the molecule is CCc1cnc(CCNC(=O)N2CCOC[C@@H]2CC)s1. The van der Waals surface area contributed by atoms with E-state index in [-0.39, 0.29) is 12.1 Å². The lowest BCUT2D eigenvalue weighted by Crippen LogP contribution is -2.52. The molecule has 2 rings (SSSR count). The largest absolute Gasteiger partial charge is 0.377 e. The van der Waals surface area contributed by atoms with Gasteiger partial charge in [-0.05, 0) is 12.8 Å². The van der Waals surface area contributed by atoms with E-state index in [9.17, 15) is 4.79 Å². The Morgan fingerprint density at radius 1 is 1.60 bits per heavy atom. The molecule has 20 heavy (non-hydrogen) atoms. The Hall–Kier alpha value is -1.14. The lowest BCUT2D eigenvalue weighted by Gasteiger charge is -2.35. The number of nitrogens with zero attached hydrogens (tertiary/aromatic N) is 2. The fourth-order valence-electron chi connectivity index (χ4n) is 2.27. The van der Waals surface area contributed by atoms with E-state index < -0.39 is 0 Å². The second kappa shape index (κ2) is 7.59. The van der Waals surface area contributed by atoms with Crippen molar-refractivity contribution in [3.05, 3.63) is 16.1 Å². The van der Waals surface area contributed by atoms with Gasteiger partial charge in [-0.1, -0.05) is 13.8 Å². The molecule has 0 aromatic carbocycles. The molecule has 1 aromatic heterocycles. The van der Waals surface area contributed by atoms with Gasteiger partial charge in [0.2, 0.25) is 0 Å². The average Bonchev–Trinajstić information content (AvgIpc) is 2.95. The first-order valence-corrected chi connectivity index (χ1v) is 8.12. The number of urea groups is 1. The van der Waals surface area contributed by atoms with Gasteiger partial charge in [0.15, 0.2) is 0 Å². The predicted octanol–water partition coefficient (Wildman–Crippen LogP) is 2.07. The summed E-state index contributed by atoms with van der Waals surface area (Å²) < 4.78 is 5.41. The highest BCUT2D eigenvalue weighted by Gasteiger charge is 2.25. The van der Waals surface area contributed by atoms with Crippen molar-refractivity contribution in [2.45, 2.75) is 39.2 Å². The van der Waals surface area contributed by atoms with Crippen LogP contribution in [0.1, 0.15) is 30.2 Å². The van der Waals surface area contributed by atoms with Crippen LogP contribution in [-0.4, -0.2) is 48.3 Å². The van der Waals surface area contributed by atoms with E-state index in [1.54, 1.807) is 11.3 Å². The summed E-state index contributed by atoms with van der Waals surface area (Å²) in [7, 11) is 0. The van der Waals surface area contributed by atoms with Crippen molar-refractivity contribution in [3.8, 4) is 0 Å². The van der Waals surface area contributed by atoms with Gasteiger partial charge in [-0.2, -0.15) is 0 Å². The third-order valence-corrected chi connectivity index (χ3v) is 4.73. The number of morpholine rings is 1. The van der Waals surface area contributed by atoms with Gasteiger partial charge in [-0.15, -0.1) is 11.3 Å². The number of thiazole rings is 1. The lowest BCUT2D eigenvalue weighted by molar-refractivity contribution is 0.0114. The van der Waals surface area contributed by atoms with Gasteiger partial charge in [0.25, 0.3) is 0 Å². The number of rotatable bonds is 5. The monoisotopic (exact) mass is 297 g/mol. The van der Waals surface area contributed by atoms with Crippen molar-refractivity contribution in [1.82, 2.24) is 15.2 Å². The van der Waals surface area contributed by atoms with E-state index in [0.717, 1.165) is 24.3 Å². The number of hydrogen-bond acceptors (Lipinski definition) is 4. The molecule has 1 aromatic rings. The summed E-state index contributed by atoms with van der Waals surface area (Å²) in [6, 6.07) is 0.225. The van der Waals surface area contributed by atoms with Crippen molar-refractivity contribution >= 4 is 17.4 Å². The van der Waals surface area contributed by atoms with Crippen molar-refractivity contribution < 1.29 is 9.53 Å². The molecule has 1 aliphatic heterocycles. The van der Waals surface area contributed by atoms with E-state index >= 15 is 0 Å². The van der Waals surface area contributed by atoms with Crippen LogP contribution in [0.3, 0.4) is 0 Å². The second-order valence-corrected chi connectivity index (χ2v) is 6.09. The maximum Gasteiger partial charge on any atom is 0.317 e. The summed E-state index contributed by atoms with van der Waals surface area (Å²) in [6.45, 7) is 6.82. The zero-order valence-electron chi connectivity index (χ0n) is 12.2. The number of carbonyl (C=O) groups is 1. The van der Waals surface area contributed by atoms with Crippen LogP contribution in [0.4, 0.5) is 4.79 Å². The topological polar surface area (TPSA) is 54.5 Å². The Bertz CT molecular complexity index is 436. The molecule has 0 bridgehead atoms. The molecule has 1 saturated heterocycles. The first kappa shape index (κ1) is 15.3. The molecule has 1 fully saturated rings. The Balaban J connectivity index is 1.76. The molecule has 5 nitrogen and oxygen atoms in total. The molecule has 0 radical (unpaired) electrons. The minimum absolute atomic E-state index is 0.0208. The predicted molar refractivity (Wildman–Crippen MR) is 80.2 cm³/mol. The maximum atomic E-state index is 12.2. The Morgan fingerprint density at radius 2 is 2.45 bits per heavy atom. The van der Waals surface area contributed by atoms with Crippen molar-refractivity contribution in [2.75, 3.05) is 26.3 Å². The fourth-order valence-corrected chi connectivity index (χ4v) is 3.13. The van der Waals surface area contributed by atoms with Gasteiger partial charge in [-0.25, -0.2) is 9.78 Å². The molecular formula is C14H23N3O2S. The minimum Gasteiger partial charge on any atom is -0.377 e. The molecule has 0 aliphatic carbocycles. The van der Waals surface area contributed by atoms with E-state index in [1.807, 2.05) is 11.1 Å². The quantitative estimate of drug-likeness (QED) is 0.905. The Morgan fingerprint density at radius 3 is 3.15 bits per heavy atom. The van der Waals surface area contributed by atoms with Gasteiger partial charge in [0, 0.05) is 30.6 Å². The lowest BCUT2D eigenvalue weighted by atomic mass is 10.2. The van der Waals surface area contributed by atoms with Crippen LogP contribution < -0.4 is 5.32 Å². The van der Waals surface area contributed by atoms with Gasteiger partial charge in [0.05, 0.1) is 24.3 Å². The number of carbonyl (C=O) groups excluding carboxylic acids is 1. The molecule has 1 atom stereocenters. The standard InChI is InChI=1S/C14H23N3O2S/c1-3-11-10-19-8-7-17(11)14(18)15-6-5-13-16-9-12(4-2)20-13/h9,11H,3-8,10H2,1-2H3,(H,15,18)/t11-/m0/s1. The third-order valence-electron chi connectivity index (χ3n) is 3.52. The van der Waals surface area contributed by atoms with Gasteiger partial charge in [0.1, 0.15) is 0 Å². The van der Waals surface area contributed by atoms with Crippen molar-refractivity contribution in [3.63, 3.8) is 0 Å². The highest BCUT2D eigenvalue weighted by Crippen LogP contribution is 2.14. The van der Waals surface area contributed by atoms with Crippen LogP contribution in [0, 0.1) is 0 Å². The molecule has 2 heterocycles. The van der Waals surface area contributed by atoms with Crippen molar-refractivity contribution in [1.29, 1.82) is 0 Å². The number of amides is 2. The summed E-state index contributed by atoms with van der Waals surface area (Å²) in [6.07, 6.45) is 4.68. The van der Waals surface area contributed by atoms with E-state index in [4.69, 9.17) is 4.74 Å². The molecule has 1 N–H and O–H groups in total. The number of aryl methyl sites for hydroxylation is 1. The van der Waals surface area contributed by atoms with Crippen molar-refractivity contribution in [2.24, 2.45) is 0 Å². The number of ether oxygens (including phenoxy) is 1. The summed E-state index contributed by atoms with van der Waals surface area (Å²) >= 11 is 1.73. The first-order valence-electron chi connectivity index (χ1n) is 7.30. The molecular weight excluding hydrogens is 274 g/mol. The van der Waals surface area contributed by atoms with Crippen LogP contribution >= 0.6 is 11.3 Å². The second-order valence-electron chi connectivity index (χ2n) is 4.89. The molecule has 0 spiro atoms. The molecule has 112 valence electrons.